The van der Waals surface area contributed by atoms with Crippen LogP contribution in [0.1, 0.15) is 0 Å². The highest BCUT2D eigenvalue weighted by atomic mass is 16.3. The van der Waals surface area contributed by atoms with Crippen molar-refractivity contribution in [2.24, 2.45) is 0 Å². The quantitative estimate of drug-likeness (QED) is 0.254. The summed E-state index contributed by atoms with van der Waals surface area (Å²) in [5.74, 6) is 0.897. The highest BCUT2D eigenvalue weighted by Crippen LogP contribution is 2.44. The van der Waals surface area contributed by atoms with Gasteiger partial charge in [0.2, 0.25) is 0 Å². The molecule has 144 valence electrons. The monoisotopic (exact) mass is 394 g/mol. The molecule has 1 nitrogen and oxygen atoms in total. The van der Waals surface area contributed by atoms with Crippen LogP contribution in [0.4, 0.5) is 0 Å². The molecule has 6 aromatic carbocycles. The predicted octanol–water partition coefficient (Wildman–Crippen LogP) is 8.71. The Morgan fingerprint density at radius 2 is 0.871 bits per heavy atom. The fourth-order valence-corrected chi connectivity index (χ4v) is 5.22. The minimum Gasteiger partial charge on any atom is -0.464 e. The van der Waals surface area contributed by atoms with E-state index in [1.165, 1.54) is 53.9 Å². The van der Waals surface area contributed by atoms with Crippen LogP contribution in [-0.4, -0.2) is 0 Å². The van der Waals surface area contributed by atoms with Crippen LogP contribution in [0.3, 0.4) is 0 Å². The average molecular weight is 394 g/mol. The van der Waals surface area contributed by atoms with Crippen LogP contribution < -0.4 is 0 Å². The van der Waals surface area contributed by atoms with Crippen molar-refractivity contribution in [3.8, 4) is 11.3 Å². The van der Waals surface area contributed by atoms with Gasteiger partial charge in [0.05, 0.1) is 6.26 Å². The maximum atomic E-state index is 5.73. The Balaban J connectivity index is 1.85. The third kappa shape index (κ3) is 2.26. The fraction of sp³-hybridized carbons (Fsp3) is 0. The molecular formula is C30H18O. The van der Waals surface area contributed by atoms with Gasteiger partial charge < -0.3 is 4.42 Å². The molecule has 0 bridgehead atoms. The molecule has 7 aromatic rings. The van der Waals surface area contributed by atoms with Crippen LogP contribution in [0.2, 0.25) is 0 Å². The summed E-state index contributed by atoms with van der Waals surface area (Å²) in [7, 11) is 0. The Morgan fingerprint density at radius 3 is 1.39 bits per heavy atom. The Kier molecular flexibility index (Phi) is 3.33. The molecule has 0 unspecified atom stereocenters. The summed E-state index contributed by atoms with van der Waals surface area (Å²) in [5.41, 5.74) is 1.10. The first-order valence-corrected chi connectivity index (χ1v) is 10.6. The lowest BCUT2D eigenvalue weighted by Gasteiger charge is -2.16. The van der Waals surface area contributed by atoms with Crippen LogP contribution in [0.5, 0.6) is 0 Å². The number of fused-ring (bicyclic) bond motifs is 11. The second kappa shape index (κ2) is 6.20. The Hall–Kier alpha value is -4.10. The van der Waals surface area contributed by atoms with E-state index in [1.54, 1.807) is 6.26 Å². The molecule has 0 saturated heterocycles. The highest BCUT2D eigenvalue weighted by molar-refractivity contribution is 6.39. The van der Waals surface area contributed by atoms with Gasteiger partial charge in [0.1, 0.15) is 5.76 Å². The minimum atomic E-state index is 0.897. The minimum absolute atomic E-state index is 0.897. The summed E-state index contributed by atoms with van der Waals surface area (Å²) in [5, 5.41) is 13.0. The van der Waals surface area contributed by atoms with Crippen molar-refractivity contribution in [1.82, 2.24) is 0 Å². The Morgan fingerprint density at radius 1 is 0.387 bits per heavy atom. The summed E-state index contributed by atoms with van der Waals surface area (Å²) in [6, 6.07) is 37.1. The normalized spacial score (nSPS) is 11.9. The molecule has 0 N–H and O–H groups in total. The molecule has 0 aliphatic rings. The van der Waals surface area contributed by atoms with Crippen LogP contribution in [-0.2, 0) is 0 Å². The molecule has 7 rings (SSSR count). The molecule has 0 fully saturated rings. The standard InChI is InChI=1S/C30H18O/c1-4-11-24-20(8-1)21-9-2-6-13-26(21)30-27-18-19(28-14-7-17-31-28)15-16-23(27)22-10-3-5-12-25(22)29(24)30/h1-18H. The van der Waals surface area contributed by atoms with Gasteiger partial charge >= 0.3 is 0 Å². The van der Waals surface area contributed by atoms with E-state index in [1.807, 2.05) is 12.1 Å². The van der Waals surface area contributed by atoms with Crippen molar-refractivity contribution >= 4 is 53.9 Å². The van der Waals surface area contributed by atoms with E-state index in [-0.39, 0.29) is 0 Å². The fourth-order valence-electron chi connectivity index (χ4n) is 5.22. The summed E-state index contributed by atoms with van der Waals surface area (Å²) < 4.78 is 5.73. The first-order valence-electron chi connectivity index (χ1n) is 10.6. The van der Waals surface area contributed by atoms with Gasteiger partial charge in [-0.15, -0.1) is 0 Å². The van der Waals surface area contributed by atoms with Crippen molar-refractivity contribution < 1.29 is 4.42 Å². The third-order valence-corrected chi connectivity index (χ3v) is 6.51. The first kappa shape index (κ1) is 16.7. The molecule has 0 saturated carbocycles. The van der Waals surface area contributed by atoms with Gasteiger partial charge in [-0.1, -0.05) is 84.9 Å². The van der Waals surface area contributed by atoms with Gasteiger partial charge in [0.15, 0.2) is 0 Å². The molecule has 31 heavy (non-hydrogen) atoms. The molecule has 0 aliphatic heterocycles. The van der Waals surface area contributed by atoms with Crippen molar-refractivity contribution in [2.75, 3.05) is 0 Å². The van der Waals surface area contributed by atoms with Gasteiger partial charge in [0, 0.05) is 5.56 Å². The van der Waals surface area contributed by atoms with Gasteiger partial charge in [-0.05, 0) is 72.1 Å². The van der Waals surface area contributed by atoms with E-state index in [9.17, 15) is 0 Å². The summed E-state index contributed by atoms with van der Waals surface area (Å²) in [4.78, 5) is 0. The number of furan rings is 1. The Bertz CT molecular complexity index is 1760. The van der Waals surface area contributed by atoms with E-state index >= 15 is 0 Å². The molecule has 0 radical (unpaired) electrons. The van der Waals surface area contributed by atoms with Gasteiger partial charge in [-0.2, -0.15) is 0 Å². The maximum absolute atomic E-state index is 5.73. The number of rotatable bonds is 1. The SMILES string of the molecule is c1coc(-c2ccc3c4ccccc4c4c5ccccc5c5ccccc5c4c3c2)c1. The van der Waals surface area contributed by atoms with E-state index in [0.717, 1.165) is 11.3 Å². The van der Waals surface area contributed by atoms with Crippen LogP contribution in [0.15, 0.2) is 114 Å². The zero-order valence-corrected chi connectivity index (χ0v) is 16.8. The highest BCUT2D eigenvalue weighted by Gasteiger charge is 2.16. The number of benzene rings is 6. The van der Waals surface area contributed by atoms with Crippen LogP contribution in [0.25, 0.3) is 65.2 Å². The zero-order valence-electron chi connectivity index (χ0n) is 16.8. The first-order chi connectivity index (χ1) is 15.4. The lowest BCUT2D eigenvalue weighted by Crippen LogP contribution is -1.88. The van der Waals surface area contributed by atoms with E-state index < -0.39 is 0 Å². The molecule has 0 atom stereocenters. The summed E-state index contributed by atoms with van der Waals surface area (Å²) >= 11 is 0. The summed E-state index contributed by atoms with van der Waals surface area (Å²) in [6.07, 6.45) is 1.74. The number of hydrogen-bond donors (Lipinski definition) is 0. The molecule has 1 heterocycles. The number of hydrogen-bond acceptors (Lipinski definition) is 1. The van der Waals surface area contributed by atoms with E-state index in [2.05, 4.69) is 91.0 Å². The van der Waals surface area contributed by atoms with Crippen molar-refractivity contribution in [2.45, 2.75) is 0 Å². The van der Waals surface area contributed by atoms with Crippen LogP contribution in [0, 0.1) is 0 Å². The van der Waals surface area contributed by atoms with Crippen molar-refractivity contribution in [3.05, 3.63) is 109 Å². The zero-order chi connectivity index (χ0) is 20.4. The topological polar surface area (TPSA) is 13.1 Å². The third-order valence-electron chi connectivity index (χ3n) is 6.51. The maximum Gasteiger partial charge on any atom is 0.133 e. The lowest BCUT2D eigenvalue weighted by atomic mass is 9.86. The van der Waals surface area contributed by atoms with Gasteiger partial charge in [0.25, 0.3) is 0 Å². The molecular weight excluding hydrogens is 376 g/mol. The van der Waals surface area contributed by atoms with Crippen molar-refractivity contribution in [1.29, 1.82) is 0 Å². The van der Waals surface area contributed by atoms with Crippen LogP contribution >= 0.6 is 0 Å². The summed E-state index contributed by atoms with van der Waals surface area (Å²) in [6.45, 7) is 0. The van der Waals surface area contributed by atoms with Gasteiger partial charge in [-0.3, -0.25) is 0 Å². The van der Waals surface area contributed by atoms with E-state index in [4.69, 9.17) is 4.42 Å². The Labute approximate surface area is 179 Å². The molecule has 1 aromatic heterocycles. The van der Waals surface area contributed by atoms with E-state index in [0.29, 0.717) is 0 Å². The molecule has 0 aliphatic carbocycles. The van der Waals surface area contributed by atoms with Crippen molar-refractivity contribution in [3.63, 3.8) is 0 Å². The second-order valence-electron chi connectivity index (χ2n) is 8.12. The lowest BCUT2D eigenvalue weighted by molar-refractivity contribution is 0.582. The molecule has 0 amide bonds. The predicted molar refractivity (Wildman–Crippen MR) is 132 cm³/mol. The largest absolute Gasteiger partial charge is 0.464 e. The second-order valence-corrected chi connectivity index (χ2v) is 8.12. The average Bonchev–Trinajstić information content (AvgIpc) is 3.38. The molecule has 0 spiro atoms. The molecule has 1 heteroatoms. The smallest absolute Gasteiger partial charge is 0.133 e. The van der Waals surface area contributed by atoms with Gasteiger partial charge in [-0.25, -0.2) is 0 Å².